The van der Waals surface area contributed by atoms with Crippen LogP contribution >= 0.6 is 11.3 Å². The summed E-state index contributed by atoms with van der Waals surface area (Å²) >= 11 is 1.31. The fraction of sp³-hybridized carbons (Fsp3) is 0.111. The van der Waals surface area contributed by atoms with Gasteiger partial charge >= 0.3 is 5.97 Å². The fourth-order valence-corrected chi connectivity index (χ4v) is 3.36. The highest BCUT2D eigenvalue weighted by Crippen LogP contribution is 2.25. The lowest BCUT2D eigenvalue weighted by Crippen LogP contribution is -2.37. The monoisotopic (exact) mass is 351 g/mol. The SMILES string of the molecule is O=C1O[C@@H](C(=O)Nc2nc(-c3cccnc3)cs2)Cc2ccccc21. The van der Waals surface area contributed by atoms with E-state index in [2.05, 4.69) is 15.3 Å². The van der Waals surface area contributed by atoms with Crippen LogP contribution in [0.3, 0.4) is 0 Å². The normalized spacial score (nSPS) is 16.0. The van der Waals surface area contributed by atoms with Gasteiger partial charge in [-0.05, 0) is 23.8 Å². The van der Waals surface area contributed by atoms with Gasteiger partial charge < -0.3 is 4.74 Å². The Kier molecular flexibility index (Phi) is 3.99. The van der Waals surface area contributed by atoms with E-state index in [1.807, 2.05) is 29.6 Å². The maximum absolute atomic E-state index is 12.4. The number of aromatic nitrogens is 2. The van der Waals surface area contributed by atoms with E-state index >= 15 is 0 Å². The van der Waals surface area contributed by atoms with E-state index in [0.29, 0.717) is 17.1 Å². The van der Waals surface area contributed by atoms with E-state index in [1.165, 1.54) is 11.3 Å². The van der Waals surface area contributed by atoms with Gasteiger partial charge in [-0.1, -0.05) is 18.2 Å². The van der Waals surface area contributed by atoms with Crippen LogP contribution in [0.2, 0.25) is 0 Å². The number of rotatable bonds is 3. The molecule has 2 aromatic heterocycles. The molecule has 3 heterocycles. The van der Waals surface area contributed by atoms with Gasteiger partial charge in [0, 0.05) is 29.8 Å². The predicted octanol–water partition coefficient (Wildman–Crippen LogP) is 2.93. The second-order valence-corrected chi connectivity index (χ2v) is 6.38. The molecule has 4 rings (SSSR count). The van der Waals surface area contributed by atoms with E-state index in [9.17, 15) is 9.59 Å². The first-order valence-corrected chi connectivity index (χ1v) is 8.54. The lowest BCUT2D eigenvalue weighted by Gasteiger charge is -2.23. The summed E-state index contributed by atoms with van der Waals surface area (Å²) in [5.41, 5.74) is 2.94. The van der Waals surface area contributed by atoms with Gasteiger partial charge in [0.25, 0.3) is 5.91 Å². The molecule has 1 aliphatic heterocycles. The molecule has 7 heteroatoms. The Bertz CT molecular complexity index is 940. The molecule has 1 aliphatic rings. The van der Waals surface area contributed by atoms with Crippen molar-refractivity contribution in [2.24, 2.45) is 0 Å². The molecule has 25 heavy (non-hydrogen) atoms. The van der Waals surface area contributed by atoms with E-state index in [1.54, 1.807) is 24.5 Å². The molecular weight excluding hydrogens is 338 g/mol. The molecule has 0 bridgehead atoms. The number of nitrogens with zero attached hydrogens (tertiary/aromatic N) is 2. The number of amides is 1. The maximum atomic E-state index is 12.4. The first-order valence-electron chi connectivity index (χ1n) is 7.66. The molecule has 3 aromatic rings. The van der Waals surface area contributed by atoms with Crippen LogP contribution in [0.25, 0.3) is 11.3 Å². The van der Waals surface area contributed by atoms with Gasteiger partial charge in [0.15, 0.2) is 11.2 Å². The van der Waals surface area contributed by atoms with Crippen LogP contribution in [0.15, 0.2) is 54.2 Å². The Morgan fingerprint density at radius 2 is 2.12 bits per heavy atom. The number of carbonyl (C=O) groups excluding carboxylic acids is 2. The predicted molar refractivity (Wildman–Crippen MR) is 93.3 cm³/mol. The summed E-state index contributed by atoms with van der Waals surface area (Å²) in [7, 11) is 0. The van der Waals surface area contributed by atoms with Crippen molar-refractivity contribution in [1.29, 1.82) is 0 Å². The van der Waals surface area contributed by atoms with Gasteiger partial charge in [-0.25, -0.2) is 9.78 Å². The van der Waals surface area contributed by atoms with Crippen LogP contribution in [0.4, 0.5) is 5.13 Å². The van der Waals surface area contributed by atoms with Crippen LogP contribution in [-0.2, 0) is 16.0 Å². The number of ether oxygens (including phenoxy) is 1. The molecule has 1 amide bonds. The molecule has 0 unspecified atom stereocenters. The summed E-state index contributed by atoms with van der Waals surface area (Å²) in [5, 5.41) is 5.02. The van der Waals surface area contributed by atoms with Crippen molar-refractivity contribution in [3.05, 3.63) is 65.3 Å². The van der Waals surface area contributed by atoms with E-state index in [4.69, 9.17) is 4.74 Å². The smallest absolute Gasteiger partial charge is 0.339 e. The number of nitrogens with one attached hydrogen (secondary N) is 1. The molecule has 0 aliphatic carbocycles. The Morgan fingerprint density at radius 3 is 2.96 bits per heavy atom. The first kappa shape index (κ1) is 15.5. The highest BCUT2D eigenvalue weighted by atomic mass is 32.1. The largest absolute Gasteiger partial charge is 0.448 e. The van der Waals surface area contributed by atoms with Crippen molar-refractivity contribution < 1.29 is 14.3 Å². The zero-order valence-electron chi connectivity index (χ0n) is 13.0. The van der Waals surface area contributed by atoms with Crippen LogP contribution in [0.5, 0.6) is 0 Å². The Balaban J connectivity index is 1.48. The van der Waals surface area contributed by atoms with E-state index in [0.717, 1.165) is 16.8 Å². The number of anilines is 1. The Hall–Kier alpha value is -3.06. The minimum atomic E-state index is -0.854. The first-order chi connectivity index (χ1) is 12.2. The fourth-order valence-electron chi connectivity index (χ4n) is 2.64. The molecule has 0 saturated carbocycles. The third-order valence-corrected chi connectivity index (χ3v) is 4.63. The Morgan fingerprint density at radius 1 is 1.24 bits per heavy atom. The molecule has 0 radical (unpaired) electrons. The number of hydrogen-bond acceptors (Lipinski definition) is 6. The van der Waals surface area contributed by atoms with Crippen LogP contribution in [0, 0.1) is 0 Å². The van der Waals surface area contributed by atoms with Gasteiger partial charge in [0.05, 0.1) is 11.3 Å². The molecular formula is C18H13N3O3S. The van der Waals surface area contributed by atoms with E-state index < -0.39 is 12.1 Å². The van der Waals surface area contributed by atoms with Crippen molar-refractivity contribution in [3.8, 4) is 11.3 Å². The van der Waals surface area contributed by atoms with Crippen LogP contribution < -0.4 is 5.32 Å². The summed E-state index contributed by atoms with van der Waals surface area (Å²) in [5.74, 6) is -0.855. The summed E-state index contributed by atoms with van der Waals surface area (Å²) < 4.78 is 5.25. The number of thiazole rings is 1. The lowest BCUT2D eigenvalue weighted by atomic mass is 9.98. The summed E-state index contributed by atoms with van der Waals surface area (Å²) in [4.78, 5) is 32.9. The number of hydrogen-bond donors (Lipinski definition) is 1. The number of cyclic esters (lactones) is 1. The number of esters is 1. The molecule has 1 N–H and O–H groups in total. The molecule has 0 saturated heterocycles. The zero-order chi connectivity index (χ0) is 17.2. The average Bonchev–Trinajstić information content (AvgIpc) is 3.11. The average molecular weight is 351 g/mol. The third-order valence-electron chi connectivity index (χ3n) is 3.88. The van der Waals surface area contributed by atoms with Crippen molar-refractivity contribution in [2.45, 2.75) is 12.5 Å². The van der Waals surface area contributed by atoms with Crippen LogP contribution in [0.1, 0.15) is 15.9 Å². The maximum Gasteiger partial charge on any atom is 0.339 e. The number of benzene rings is 1. The van der Waals surface area contributed by atoms with Crippen LogP contribution in [-0.4, -0.2) is 27.9 Å². The van der Waals surface area contributed by atoms with Gasteiger partial charge in [0.1, 0.15) is 0 Å². The minimum absolute atomic E-state index is 0.356. The molecule has 0 spiro atoms. The summed E-state index contributed by atoms with van der Waals surface area (Å²) in [6.45, 7) is 0. The lowest BCUT2D eigenvalue weighted by molar-refractivity contribution is -0.125. The van der Waals surface area contributed by atoms with Crippen molar-refractivity contribution in [2.75, 3.05) is 5.32 Å². The van der Waals surface area contributed by atoms with E-state index in [-0.39, 0.29) is 5.91 Å². The second kappa shape index (κ2) is 6.45. The number of fused-ring (bicyclic) bond motifs is 1. The molecule has 124 valence electrons. The quantitative estimate of drug-likeness (QED) is 0.734. The molecule has 6 nitrogen and oxygen atoms in total. The van der Waals surface area contributed by atoms with Gasteiger partial charge in [-0.3, -0.25) is 15.1 Å². The Labute approximate surface area is 147 Å². The third kappa shape index (κ3) is 3.14. The van der Waals surface area contributed by atoms with Gasteiger partial charge in [-0.2, -0.15) is 0 Å². The standard InChI is InChI=1S/C18H13N3O3S/c22-16(15-8-11-4-1-2-6-13(11)17(23)24-15)21-18-20-14(10-25-18)12-5-3-7-19-9-12/h1-7,9-10,15H,8H2,(H,20,21,22)/t15-/m1/s1. The summed E-state index contributed by atoms with van der Waals surface area (Å²) in [6, 6.07) is 10.9. The topological polar surface area (TPSA) is 81.2 Å². The van der Waals surface area contributed by atoms with Crippen molar-refractivity contribution in [3.63, 3.8) is 0 Å². The molecule has 1 atom stereocenters. The second-order valence-electron chi connectivity index (χ2n) is 5.52. The highest BCUT2D eigenvalue weighted by Gasteiger charge is 2.31. The number of pyridine rings is 1. The van der Waals surface area contributed by atoms with Gasteiger partial charge in [0.2, 0.25) is 0 Å². The number of carbonyl (C=O) groups is 2. The minimum Gasteiger partial charge on any atom is -0.448 e. The van der Waals surface area contributed by atoms with Crippen molar-refractivity contribution in [1.82, 2.24) is 9.97 Å². The van der Waals surface area contributed by atoms with Gasteiger partial charge in [-0.15, -0.1) is 11.3 Å². The van der Waals surface area contributed by atoms with Crippen molar-refractivity contribution >= 4 is 28.3 Å². The molecule has 1 aromatic carbocycles. The highest BCUT2D eigenvalue weighted by molar-refractivity contribution is 7.14. The molecule has 0 fully saturated rings. The zero-order valence-corrected chi connectivity index (χ0v) is 13.8. The summed E-state index contributed by atoms with van der Waals surface area (Å²) in [6.07, 6.45) is 2.90.